The topological polar surface area (TPSA) is 24.9 Å². The van der Waals surface area contributed by atoms with E-state index in [1.807, 2.05) is 0 Å². The Hall–Kier alpha value is -2.04. The summed E-state index contributed by atoms with van der Waals surface area (Å²) >= 11 is 0. The van der Waals surface area contributed by atoms with E-state index >= 15 is 0 Å². The third-order valence-corrected chi connectivity index (χ3v) is 6.27. The normalized spacial score (nSPS) is 21.3. The maximum Gasteiger partial charge on any atom is 0.119 e. The van der Waals surface area contributed by atoms with Crippen LogP contribution in [0.2, 0.25) is 0 Å². The average Bonchev–Trinajstić information content (AvgIpc) is 2.72. The molecule has 1 unspecified atom stereocenters. The van der Waals surface area contributed by atoms with E-state index in [1.165, 1.54) is 42.6 Å². The summed E-state index contributed by atoms with van der Waals surface area (Å²) in [7, 11) is 6.12. The molecule has 0 amide bonds. The van der Waals surface area contributed by atoms with Crippen LogP contribution in [-0.2, 0) is 6.54 Å². The zero-order valence-electron chi connectivity index (χ0n) is 17.4. The molecule has 2 aliphatic rings. The van der Waals surface area contributed by atoms with Crippen molar-refractivity contribution in [3.8, 4) is 11.5 Å². The number of ether oxygens (including phenoxy) is 2. The number of hydrogen-bond acceptors (Lipinski definition) is 4. The molecule has 0 aliphatic carbocycles. The van der Waals surface area contributed by atoms with Crippen molar-refractivity contribution >= 4 is 0 Å². The van der Waals surface area contributed by atoms with Crippen molar-refractivity contribution in [1.82, 2.24) is 9.80 Å². The molecule has 0 radical (unpaired) electrons. The Balaban J connectivity index is 1.48. The van der Waals surface area contributed by atoms with Crippen LogP contribution in [0.25, 0.3) is 0 Å². The Kier molecular flexibility index (Phi) is 5.88. The fraction of sp³-hybridized carbons (Fsp3) is 0.500. The maximum absolute atomic E-state index is 6.20. The molecule has 1 fully saturated rings. The molecular weight excluding hydrogens is 348 g/mol. The van der Waals surface area contributed by atoms with Gasteiger partial charge in [0.15, 0.2) is 0 Å². The predicted octanol–water partition coefficient (Wildman–Crippen LogP) is 3.99. The predicted molar refractivity (Wildman–Crippen MR) is 113 cm³/mol. The monoisotopic (exact) mass is 380 g/mol. The summed E-state index contributed by atoms with van der Waals surface area (Å²) in [6, 6.07) is 15.2. The lowest BCUT2D eigenvalue weighted by Crippen LogP contribution is -2.32. The van der Waals surface area contributed by atoms with Crippen molar-refractivity contribution < 1.29 is 9.47 Å². The van der Waals surface area contributed by atoms with Gasteiger partial charge in [0.05, 0.1) is 13.7 Å². The molecule has 0 aromatic heterocycles. The van der Waals surface area contributed by atoms with E-state index < -0.39 is 0 Å². The van der Waals surface area contributed by atoms with E-state index in [1.54, 1.807) is 7.11 Å². The molecule has 0 bridgehead atoms. The Labute approximate surface area is 169 Å². The Morgan fingerprint density at radius 1 is 0.929 bits per heavy atom. The molecule has 2 heterocycles. The van der Waals surface area contributed by atoms with Crippen LogP contribution >= 0.6 is 0 Å². The number of fused-ring (bicyclic) bond motifs is 1. The van der Waals surface area contributed by atoms with Crippen molar-refractivity contribution in [1.29, 1.82) is 0 Å². The van der Waals surface area contributed by atoms with Gasteiger partial charge in [-0.05, 0) is 86.9 Å². The van der Waals surface area contributed by atoms with E-state index in [2.05, 4.69) is 66.4 Å². The first kappa shape index (κ1) is 19.3. The molecule has 0 spiro atoms. The van der Waals surface area contributed by atoms with Gasteiger partial charge in [0.2, 0.25) is 0 Å². The molecule has 4 nitrogen and oxygen atoms in total. The highest BCUT2D eigenvalue weighted by molar-refractivity contribution is 5.45. The molecule has 1 atom stereocenters. The molecule has 4 rings (SSSR count). The van der Waals surface area contributed by atoms with Crippen molar-refractivity contribution in [2.45, 2.75) is 25.3 Å². The molecule has 2 aliphatic heterocycles. The number of likely N-dealkylation sites (tertiary alicyclic amines) is 1. The van der Waals surface area contributed by atoms with Gasteiger partial charge in [0, 0.05) is 19.0 Å². The average molecular weight is 381 g/mol. The second-order valence-electron chi connectivity index (χ2n) is 8.44. The molecule has 2 aromatic rings. The van der Waals surface area contributed by atoms with Crippen molar-refractivity contribution in [3.05, 3.63) is 59.2 Å². The summed E-state index contributed by atoms with van der Waals surface area (Å²) in [4.78, 5) is 4.81. The molecule has 150 valence electrons. The highest BCUT2D eigenvalue weighted by Crippen LogP contribution is 2.35. The summed E-state index contributed by atoms with van der Waals surface area (Å²) in [5.41, 5.74) is 4.15. The molecule has 0 N–H and O–H groups in total. The molecule has 4 heteroatoms. The minimum atomic E-state index is 0.391. The first-order chi connectivity index (χ1) is 13.6. The number of methoxy groups -OCH3 is 1. The van der Waals surface area contributed by atoms with Crippen molar-refractivity contribution in [3.63, 3.8) is 0 Å². The van der Waals surface area contributed by atoms with Crippen LogP contribution in [-0.4, -0.2) is 57.2 Å². The van der Waals surface area contributed by atoms with Gasteiger partial charge in [-0.15, -0.1) is 0 Å². The summed E-state index contributed by atoms with van der Waals surface area (Å²) in [5.74, 6) is 3.00. The molecule has 28 heavy (non-hydrogen) atoms. The Morgan fingerprint density at radius 2 is 1.64 bits per heavy atom. The first-order valence-corrected chi connectivity index (χ1v) is 10.4. The van der Waals surface area contributed by atoms with Crippen LogP contribution in [0, 0.1) is 5.92 Å². The van der Waals surface area contributed by atoms with Gasteiger partial charge in [0.1, 0.15) is 11.5 Å². The SMILES string of the molecule is COc1ccc(C2CN(C)Cc3cc(OCC4CCN(C)CC4)ccc32)cc1. The third-order valence-electron chi connectivity index (χ3n) is 6.27. The minimum Gasteiger partial charge on any atom is -0.497 e. The second-order valence-corrected chi connectivity index (χ2v) is 8.44. The smallest absolute Gasteiger partial charge is 0.119 e. The Bertz CT molecular complexity index is 782. The number of rotatable bonds is 5. The van der Waals surface area contributed by atoms with Crippen molar-refractivity contribution in [2.75, 3.05) is 47.4 Å². The highest BCUT2D eigenvalue weighted by Gasteiger charge is 2.25. The standard InChI is InChI=1S/C24H32N2O2/c1-25-12-10-18(11-13-25)17-28-22-8-9-23-20(14-22)15-26(2)16-24(23)19-4-6-21(27-3)7-5-19/h4-9,14,18,24H,10-13,15-17H2,1-3H3. The van der Waals surface area contributed by atoms with Crippen LogP contribution in [0.15, 0.2) is 42.5 Å². The number of piperidine rings is 1. The zero-order valence-corrected chi connectivity index (χ0v) is 17.4. The highest BCUT2D eigenvalue weighted by atomic mass is 16.5. The van der Waals surface area contributed by atoms with Gasteiger partial charge >= 0.3 is 0 Å². The van der Waals surface area contributed by atoms with E-state index in [4.69, 9.17) is 9.47 Å². The zero-order chi connectivity index (χ0) is 19.5. The summed E-state index contributed by atoms with van der Waals surface area (Å²) in [5, 5.41) is 0. The lowest BCUT2D eigenvalue weighted by Gasteiger charge is -2.33. The first-order valence-electron chi connectivity index (χ1n) is 10.4. The van der Waals surface area contributed by atoms with E-state index in [-0.39, 0.29) is 0 Å². The van der Waals surface area contributed by atoms with Crippen LogP contribution in [0.5, 0.6) is 11.5 Å². The fourth-order valence-corrected chi connectivity index (χ4v) is 4.48. The quantitative estimate of drug-likeness (QED) is 0.783. The number of benzene rings is 2. The molecular formula is C24H32N2O2. The Morgan fingerprint density at radius 3 is 2.36 bits per heavy atom. The third kappa shape index (κ3) is 4.34. The number of likely N-dealkylation sites (N-methyl/N-ethyl adjacent to an activating group) is 1. The van der Waals surface area contributed by atoms with Gasteiger partial charge < -0.3 is 19.3 Å². The fourth-order valence-electron chi connectivity index (χ4n) is 4.48. The lowest BCUT2D eigenvalue weighted by molar-refractivity contribution is 0.160. The molecule has 0 saturated carbocycles. The maximum atomic E-state index is 6.20. The number of nitrogens with zero attached hydrogens (tertiary/aromatic N) is 2. The van der Waals surface area contributed by atoms with Gasteiger partial charge in [0.25, 0.3) is 0 Å². The van der Waals surface area contributed by atoms with Crippen LogP contribution in [0.4, 0.5) is 0 Å². The largest absolute Gasteiger partial charge is 0.497 e. The van der Waals surface area contributed by atoms with Crippen LogP contribution < -0.4 is 9.47 Å². The van der Waals surface area contributed by atoms with E-state index in [0.29, 0.717) is 11.8 Å². The van der Waals surface area contributed by atoms with Gasteiger partial charge in [-0.3, -0.25) is 0 Å². The van der Waals surface area contributed by atoms with E-state index in [9.17, 15) is 0 Å². The lowest BCUT2D eigenvalue weighted by atomic mass is 9.84. The van der Waals surface area contributed by atoms with Crippen molar-refractivity contribution in [2.24, 2.45) is 5.92 Å². The van der Waals surface area contributed by atoms with Gasteiger partial charge in [-0.1, -0.05) is 18.2 Å². The molecule has 2 aromatic carbocycles. The van der Waals surface area contributed by atoms with E-state index in [0.717, 1.165) is 31.2 Å². The van der Waals surface area contributed by atoms with Crippen LogP contribution in [0.3, 0.4) is 0 Å². The summed E-state index contributed by atoms with van der Waals surface area (Å²) < 4.78 is 11.5. The minimum absolute atomic E-state index is 0.391. The van der Waals surface area contributed by atoms with Gasteiger partial charge in [-0.25, -0.2) is 0 Å². The number of hydrogen-bond donors (Lipinski definition) is 0. The van der Waals surface area contributed by atoms with Gasteiger partial charge in [-0.2, -0.15) is 0 Å². The van der Waals surface area contributed by atoms with Crippen LogP contribution in [0.1, 0.15) is 35.4 Å². The summed E-state index contributed by atoms with van der Waals surface area (Å²) in [6.45, 7) is 5.23. The second kappa shape index (κ2) is 8.54. The summed E-state index contributed by atoms with van der Waals surface area (Å²) in [6.07, 6.45) is 2.48. The molecule has 1 saturated heterocycles.